The highest BCUT2D eigenvalue weighted by Crippen LogP contribution is 2.27. The molecule has 0 aliphatic carbocycles. The average molecular weight is 360 g/mol. The van der Waals surface area contributed by atoms with Crippen molar-refractivity contribution in [2.75, 3.05) is 26.7 Å². The standard InChI is InChI=1S/C24H29N3/c1-27(19-17-26-20-21-12-15-25-16-13-21)18-14-24(22-8-4-2-5-9-22)23-10-6-3-7-11-23/h2-13,15-16,24,26H,14,17-20H2,1H3. The summed E-state index contributed by atoms with van der Waals surface area (Å²) in [7, 11) is 2.21. The van der Waals surface area contributed by atoms with Gasteiger partial charge in [0, 0.05) is 37.9 Å². The zero-order chi connectivity index (χ0) is 18.7. The van der Waals surface area contributed by atoms with E-state index in [-0.39, 0.29) is 0 Å². The molecule has 0 saturated carbocycles. The van der Waals surface area contributed by atoms with Crippen molar-refractivity contribution in [3.63, 3.8) is 0 Å². The number of hydrogen-bond acceptors (Lipinski definition) is 3. The molecule has 2 aromatic carbocycles. The molecule has 3 heteroatoms. The van der Waals surface area contributed by atoms with E-state index in [1.165, 1.54) is 16.7 Å². The topological polar surface area (TPSA) is 28.2 Å². The van der Waals surface area contributed by atoms with Crippen molar-refractivity contribution in [2.24, 2.45) is 0 Å². The molecule has 1 aromatic heterocycles. The van der Waals surface area contributed by atoms with E-state index in [1.54, 1.807) is 0 Å². The summed E-state index contributed by atoms with van der Waals surface area (Å²) in [4.78, 5) is 6.47. The van der Waals surface area contributed by atoms with E-state index in [0.717, 1.165) is 32.6 Å². The Morgan fingerprint density at radius 1 is 0.815 bits per heavy atom. The third-order valence-corrected chi connectivity index (χ3v) is 4.95. The van der Waals surface area contributed by atoms with Gasteiger partial charge in [-0.1, -0.05) is 60.7 Å². The van der Waals surface area contributed by atoms with Crippen molar-refractivity contribution in [3.8, 4) is 0 Å². The third kappa shape index (κ3) is 6.31. The van der Waals surface area contributed by atoms with Gasteiger partial charge < -0.3 is 10.2 Å². The molecule has 27 heavy (non-hydrogen) atoms. The Morgan fingerprint density at radius 2 is 1.41 bits per heavy atom. The number of likely N-dealkylation sites (N-methyl/N-ethyl adjacent to an activating group) is 1. The molecule has 140 valence electrons. The second kappa shape index (κ2) is 10.6. The Bertz CT molecular complexity index is 720. The Balaban J connectivity index is 1.48. The molecule has 0 atom stereocenters. The summed E-state index contributed by atoms with van der Waals surface area (Å²) in [6, 6.07) is 25.8. The molecule has 0 spiro atoms. The van der Waals surface area contributed by atoms with E-state index in [0.29, 0.717) is 5.92 Å². The highest BCUT2D eigenvalue weighted by Gasteiger charge is 2.14. The molecule has 0 unspecified atom stereocenters. The minimum atomic E-state index is 0.444. The number of nitrogens with one attached hydrogen (secondary N) is 1. The lowest BCUT2D eigenvalue weighted by Crippen LogP contribution is -2.30. The number of pyridine rings is 1. The van der Waals surface area contributed by atoms with Gasteiger partial charge in [0.05, 0.1) is 0 Å². The van der Waals surface area contributed by atoms with Crippen molar-refractivity contribution >= 4 is 0 Å². The summed E-state index contributed by atoms with van der Waals surface area (Å²) in [6.07, 6.45) is 4.81. The van der Waals surface area contributed by atoms with Crippen LogP contribution in [0.5, 0.6) is 0 Å². The van der Waals surface area contributed by atoms with Crippen LogP contribution in [-0.2, 0) is 6.54 Å². The molecule has 0 fully saturated rings. The smallest absolute Gasteiger partial charge is 0.0271 e. The first-order valence-corrected chi connectivity index (χ1v) is 9.71. The van der Waals surface area contributed by atoms with Crippen LogP contribution in [0.1, 0.15) is 29.0 Å². The van der Waals surface area contributed by atoms with Gasteiger partial charge in [-0.3, -0.25) is 4.98 Å². The van der Waals surface area contributed by atoms with Crippen molar-refractivity contribution in [1.82, 2.24) is 15.2 Å². The molecule has 1 heterocycles. The maximum atomic E-state index is 4.06. The van der Waals surface area contributed by atoms with Crippen molar-refractivity contribution in [1.29, 1.82) is 0 Å². The second-order valence-corrected chi connectivity index (χ2v) is 7.00. The minimum Gasteiger partial charge on any atom is -0.311 e. The maximum Gasteiger partial charge on any atom is 0.0271 e. The van der Waals surface area contributed by atoms with Gasteiger partial charge in [-0.2, -0.15) is 0 Å². The Kier molecular flexibility index (Phi) is 7.57. The average Bonchev–Trinajstić information content (AvgIpc) is 2.74. The molecule has 1 N–H and O–H groups in total. The van der Waals surface area contributed by atoms with Gasteiger partial charge in [0.25, 0.3) is 0 Å². The number of aromatic nitrogens is 1. The first-order chi connectivity index (χ1) is 13.3. The maximum absolute atomic E-state index is 4.06. The lowest BCUT2D eigenvalue weighted by Gasteiger charge is -2.23. The van der Waals surface area contributed by atoms with Gasteiger partial charge in [-0.15, -0.1) is 0 Å². The zero-order valence-corrected chi connectivity index (χ0v) is 16.1. The van der Waals surface area contributed by atoms with Gasteiger partial charge in [0.15, 0.2) is 0 Å². The van der Waals surface area contributed by atoms with Crippen LogP contribution in [-0.4, -0.2) is 36.6 Å². The zero-order valence-electron chi connectivity index (χ0n) is 16.1. The van der Waals surface area contributed by atoms with Crippen LogP contribution in [0.2, 0.25) is 0 Å². The van der Waals surface area contributed by atoms with Crippen LogP contribution in [0.3, 0.4) is 0 Å². The molecular weight excluding hydrogens is 330 g/mol. The highest BCUT2D eigenvalue weighted by molar-refractivity contribution is 5.32. The second-order valence-electron chi connectivity index (χ2n) is 7.00. The van der Waals surface area contributed by atoms with Crippen LogP contribution in [0.15, 0.2) is 85.2 Å². The molecule has 0 saturated heterocycles. The van der Waals surface area contributed by atoms with Crippen molar-refractivity contribution in [3.05, 3.63) is 102 Å². The predicted molar refractivity (Wildman–Crippen MR) is 113 cm³/mol. The first-order valence-electron chi connectivity index (χ1n) is 9.71. The summed E-state index contributed by atoms with van der Waals surface area (Å²) in [6.45, 7) is 4.00. The van der Waals surface area contributed by atoms with E-state index in [9.17, 15) is 0 Å². The fourth-order valence-electron chi connectivity index (χ4n) is 3.36. The van der Waals surface area contributed by atoms with E-state index in [4.69, 9.17) is 0 Å². The summed E-state index contributed by atoms with van der Waals surface area (Å²) in [5.41, 5.74) is 4.07. The highest BCUT2D eigenvalue weighted by atomic mass is 15.1. The number of hydrogen-bond donors (Lipinski definition) is 1. The largest absolute Gasteiger partial charge is 0.311 e. The molecule has 3 aromatic rings. The van der Waals surface area contributed by atoms with Gasteiger partial charge in [-0.25, -0.2) is 0 Å². The van der Waals surface area contributed by atoms with E-state index < -0.39 is 0 Å². The number of nitrogens with zero attached hydrogens (tertiary/aromatic N) is 2. The molecule has 0 amide bonds. The van der Waals surface area contributed by atoms with Crippen molar-refractivity contribution in [2.45, 2.75) is 18.9 Å². The first kappa shape index (κ1) is 19.3. The molecule has 0 radical (unpaired) electrons. The van der Waals surface area contributed by atoms with Gasteiger partial charge in [-0.05, 0) is 48.8 Å². The molecule has 0 bridgehead atoms. The van der Waals surface area contributed by atoms with E-state index >= 15 is 0 Å². The molecular formula is C24H29N3. The van der Waals surface area contributed by atoms with Crippen LogP contribution in [0.25, 0.3) is 0 Å². The van der Waals surface area contributed by atoms with Crippen LogP contribution in [0.4, 0.5) is 0 Å². The van der Waals surface area contributed by atoms with E-state index in [1.807, 2.05) is 12.4 Å². The van der Waals surface area contributed by atoms with Crippen molar-refractivity contribution < 1.29 is 0 Å². The fourth-order valence-corrected chi connectivity index (χ4v) is 3.36. The fraction of sp³-hybridized carbons (Fsp3) is 0.292. The SMILES string of the molecule is CN(CCNCc1ccncc1)CCC(c1ccccc1)c1ccccc1. The predicted octanol–water partition coefficient (Wildman–Crippen LogP) is 4.33. The van der Waals surface area contributed by atoms with Gasteiger partial charge >= 0.3 is 0 Å². The minimum absolute atomic E-state index is 0.444. The number of rotatable bonds is 10. The molecule has 0 aliphatic rings. The van der Waals surface area contributed by atoms with Gasteiger partial charge in [0.1, 0.15) is 0 Å². The van der Waals surface area contributed by atoms with Crippen LogP contribution in [0, 0.1) is 0 Å². The third-order valence-electron chi connectivity index (χ3n) is 4.95. The molecule has 0 aliphatic heterocycles. The summed E-state index contributed by atoms with van der Waals surface area (Å²) < 4.78 is 0. The Labute approximate surface area is 163 Å². The summed E-state index contributed by atoms with van der Waals surface area (Å²) in [5.74, 6) is 0.444. The van der Waals surface area contributed by atoms with Crippen LogP contribution < -0.4 is 5.32 Å². The summed E-state index contributed by atoms with van der Waals surface area (Å²) in [5, 5.41) is 3.51. The summed E-state index contributed by atoms with van der Waals surface area (Å²) >= 11 is 0. The lowest BCUT2D eigenvalue weighted by atomic mass is 9.88. The number of benzene rings is 2. The van der Waals surface area contributed by atoms with E-state index in [2.05, 4.69) is 95.0 Å². The Hall–Kier alpha value is -2.49. The molecule has 3 rings (SSSR count). The van der Waals surface area contributed by atoms with Gasteiger partial charge in [0.2, 0.25) is 0 Å². The monoisotopic (exact) mass is 359 g/mol. The Morgan fingerprint density at radius 3 is 2.00 bits per heavy atom. The molecule has 3 nitrogen and oxygen atoms in total. The quantitative estimate of drug-likeness (QED) is 0.546. The lowest BCUT2D eigenvalue weighted by molar-refractivity contribution is 0.321. The normalized spacial score (nSPS) is 11.2. The van der Waals surface area contributed by atoms with Crippen LogP contribution >= 0.6 is 0 Å².